The predicted molar refractivity (Wildman–Crippen MR) is 178 cm³/mol. The van der Waals surface area contributed by atoms with E-state index in [1.165, 1.54) is 76.7 Å². The first-order valence-electron chi connectivity index (χ1n) is 17.1. The fourth-order valence-electron chi connectivity index (χ4n) is 4.45. The molecule has 1 N–H and O–H groups in total. The van der Waals surface area contributed by atoms with Crippen molar-refractivity contribution in [1.29, 1.82) is 0 Å². The minimum atomic E-state index is -0.859. The molecule has 0 heterocycles. The second kappa shape index (κ2) is 32.4. The average molecular weight is 603 g/mol. The number of aliphatic hydroxyl groups excluding tert-OH is 1. The molecule has 0 aliphatic carbocycles. The van der Waals surface area contributed by atoms with E-state index in [4.69, 9.17) is 9.47 Å². The van der Waals surface area contributed by atoms with Crippen molar-refractivity contribution in [2.45, 2.75) is 155 Å². The Morgan fingerprint density at radius 1 is 0.605 bits per heavy atom. The molecule has 6 heteroatoms. The van der Waals surface area contributed by atoms with Gasteiger partial charge in [-0.25, -0.2) is 0 Å². The summed E-state index contributed by atoms with van der Waals surface area (Å²) >= 11 is 0. The number of allylic oxidation sites excluding steroid dienone is 8. The van der Waals surface area contributed by atoms with Crippen LogP contribution in [0.15, 0.2) is 48.6 Å². The minimum Gasteiger partial charge on any atom is -0.462 e. The Kier molecular flexibility index (Phi) is 30.6. The summed E-state index contributed by atoms with van der Waals surface area (Å²) in [5, 5.41) is 9.48. The smallest absolute Gasteiger partial charge is 0.306 e. The molecule has 0 bridgehead atoms. The largest absolute Gasteiger partial charge is 0.462 e. The van der Waals surface area contributed by atoms with Gasteiger partial charge in [-0.15, -0.1) is 0 Å². The van der Waals surface area contributed by atoms with Gasteiger partial charge in [-0.1, -0.05) is 133 Å². The Balaban J connectivity index is 3.83. The number of aliphatic hydroxyl groups is 1. The fraction of sp³-hybridized carbons (Fsp3) is 0.703. The van der Waals surface area contributed by atoms with Crippen molar-refractivity contribution in [2.24, 2.45) is 0 Å². The van der Waals surface area contributed by atoms with Crippen LogP contribution in [0.5, 0.6) is 0 Å². The van der Waals surface area contributed by atoms with E-state index < -0.39 is 18.7 Å². The van der Waals surface area contributed by atoms with Gasteiger partial charge in [0.25, 0.3) is 0 Å². The molecule has 0 aliphatic heterocycles. The number of carbonyl (C=O) groups excluding carboxylic acids is 3. The van der Waals surface area contributed by atoms with E-state index in [1.54, 1.807) is 6.08 Å². The molecular formula is C37H62O6. The number of carbonyl (C=O) groups is 3. The van der Waals surface area contributed by atoms with Crippen LogP contribution in [0, 0.1) is 0 Å². The lowest BCUT2D eigenvalue weighted by Crippen LogP contribution is -2.28. The third kappa shape index (κ3) is 30.8. The van der Waals surface area contributed by atoms with Crippen molar-refractivity contribution in [1.82, 2.24) is 0 Å². The molecule has 0 spiro atoms. The lowest BCUT2D eigenvalue weighted by atomic mass is 10.1. The summed E-state index contributed by atoms with van der Waals surface area (Å²) in [4.78, 5) is 36.1. The van der Waals surface area contributed by atoms with Crippen LogP contribution in [0.2, 0.25) is 0 Å². The van der Waals surface area contributed by atoms with Crippen LogP contribution in [0.4, 0.5) is 0 Å². The van der Waals surface area contributed by atoms with E-state index in [0.29, 0.717) is 12.8 Å². The molecule has 0 fully saturated rings. The van der Waals surface area contributed by atoms with Gasteiger partial charge in [0.15, 0.2) is 11.9 Å². The molecule has 0 unspecified atom stereocenters. The highest BCUT2D eigenvalue weighted by Gasteiger charge is 2.16. The Hall–Kier alpha value is -2.47. The molecule has 0 saturated carbocycles. The maximum Gasteiger partial charge on any atom is 0.306 e. The van der Waals surface area contributed by atoms with Crippen molar-refractivity contribution in [2.75, 3.05) is 13.2 Å². The summed E-state index contributed by atoms with van der Waals surface area (Å²) in [5.41, 5.74) is 0. The summed E-state index contributed by atoms with van der Waals surface area (Å²) in [6.07, 6.45) is 35.9. The van der Waals surface area contributed by atoms with Crippen molar-refractivity contribution in [3.05, 3.63) is 48.6 Å². The zero-order valence-corrected chi connectivity index (χ0v) is 27.4. The quantitative estimate of drug-likeness (QED) is 0.0290. The van der Waals surface area contributed by atoms with Crippen LogP contribution in [0.3, 0.4) is 0 Å². The average Bonchev–Trinajstić information content (AvgIpc) is 3.00. The molecule has 0 rings (SSSR count). The normalized spacial score (nSPS) is 12.6. The number of hydrogen-bond donors (Lipinski definition) is 1. The summed E-state index contributed by atoms with van der Waals surface area (Å²) in [6, 6.07) is 0. The number of rotatable bonds is 30. The summed E-state index contributed by atoms with van der Waals surface area (Å²) in [7, 11) is 0. The maximum atomic E-state index is 12.1. The molecule has 0 amide bonds. The Morgan fingerprint density at radius 3 is 1.81 bits per heavy atom. The van der Waals surface area contributed by atoms with Crippen molar-refractivity contribution in [3.63, 3.8) is 0 Å². The highest BCUT2D eigenvalue weighted by molar-refractivity contribution is 5.90. The molecule has 6 nitrogen and oxygen atoms in total. The van der Waals surface area contributed by atoms with Crippen LogP contribution in [-0.2, 0) is 23.9 Å². The third-order valence-corrected chi connectivity index (χ3v) is 7.10. The number of ether oxygens (including phenoxy) is 2. The van der Waals surface area contributed by atoms with Crippen LogP contribution < -0.4 is 0 Å². The van der Waals surface area contributed by atoms with Gasteiger partial charge in [0.05, 0.1) is 6.61 Å². The van der Waals surface area contributed by atoms with E-state index in [9.17, 15) is 19.5 Å². The van der Waals surface area contributed by atoms with Gasteiger partial charge in [0, 0.05) is 19.3 Å². The molecule has 0 aliphatic rings. The monoisotopic (exact) mass is 602 g/mol. The van der Waals surface area contributed by atoms with E-state index in [-0.39, 0.29) is 31.2 Å². The van der Waals surface area contributed by atoms with Crippen LogP contribution in [-0.4, -0.2) is 42.1 Å². The van der Waals surface area contributed by atoms with E-state index in [0.717, 1.165) is 38.5 Å². The van der Waals surface area contributed by atoms with Crippen LogP contribution >= 0.6 is 0 Å². The van der Waals surface area contributed by atoms with Gasteiger partial charge in [-0.2, -0.15) is 0 Å². The lowest BCUT2D eigenvalue weighted by molar-refractivity contribution is -0.161. The molecule has 0 radical (unpaired) electrons. The fourth-order valence-corrected chi connectivity index (χ4v) is 4.45. The Morgan fingerprint density at radius 2 is 1.16 bits per heavy atom. The van der Waals surface area contributed by atoms with Crippen molar-refractivity contribution < 1.29 is 29.0 Å². The highest BCUT2D eigenvalue weighted by atomic mass is 16.6. The highest BCUT2D eigenvalue weighted by Crippen LogP contribution is 2.12. The summed E-state index contributed by atoms with van der Waals surface area (Å²) in [5.74, 6) is -0.899. The van der Waals surface area contributed by atoms with Crippen LogP contribution in [0.25, 0.3) is 0 Å². The topological polar surface area (TPSA) is 89.9 Å². The molecule has 43 heavy (non-hydrogen) atoms. The molecule has 0 saturated heterocycles. The number of unbranched alkanes of at least 4 members (excludes halogenated alkanes) is 13. The first kappa shape index (κ1) is 40.5. The van der Waals surface area contributed by atoms with Gasteiger partial charge in [-0.3, -0.25) is 14.4 Å². The van der Waals surface area contributed by atoms with Crippen molar-refractivity contribution in [3.8, 4) is 0 Å². The summed E-state index contributed by atoms with van der Waals surface area (Å²) < 4.78 is 10.4. The number of hydrogen-bond acceptors (Lipinski definition) is 6. The van der Waals surface area contributed by atoms with Gasteiger partial charge in [-0.05, 0) is 44.6 Å². The van der Waals surface area contributed by atoms with E-state index >= 15 is 0 Å². The standard InChI is InChI=1S/C37H62O6/c1-3-5-7-9-11-13-15-16-18-19-21-23-25-28-34(39)29-27-31-36(40)42-33-35(32-38)43-37(41)30-26-24-22-20-17-14-12-10-8-6-4-2/h11,13,16,18,21,23,25,28,35,38H,3-10,12,14-15,17,19-20,22,24,26-27,29-33H2,1-2H3/b13-11-,18-16-,23-21-,28-25+/t35-/m0/s1. The van der Waals surface area contributed by atoms with Gasteiger partial charge in [0.1, 0.15) is 6.61 Å². The SMILES string of the molecule is CCCCC/C=C\C/C=C\C/C=C\C=C\C(=O)CCCC(=O)OC[C@H](CO)OC(=O)CCCCCCCCCCCCC. The molecule has 0 aromatic carbocycles. The van der Waals surface area contributed by atoms with Gasteiger partial charge >= 0.3 is 11.9 Å². The van der Waals surface area contributed by atoms with E-state index in [1.807, 2.05) is 12.2 Å². The molecule has 1 atom stereocenters. The number of ketones is 1. The first-order chi connectivity index (χ1) is 21.0. The third-order valence-electron chi connectivity index (χ3n) is 7.10. The zero-order chi connectivity index (χ0) is 31.6. The predicted octanol–water partition coefficient (Wildman–Crippen LogP) is 9.46. The molecular weight excluding hydrogens is 540 g/mol. The maximum absolute atomic E-state index is 12.1. The second-order valence-corrected chi connectivity index (χ2v) is 11.3. The van der Waals surface area contributed by atoms with Gasteiger partial charge in [0.2, 0.25) is 0 Å². The number of esters is 2. The Labute approximate surface area is 263 Å². The van der Waals surface area contributed by atoms with E-state index in [2.05, 4.69) is 38.2 Å². The van der Waals surface area contributed by atoms with Gasteiger partial charge < -0.3 is 14.6 Å². The minimum absolute atomic E-state index is 0.0502. The first-order valence-corrected chi connectivity index (χ1v) is 17.1. The molecule has 246 valence electrons. The summed E-state index contributed by atoms with van der Waals surface area (Å²) in [6.45, 7) is 3.86. The van der Waals surface area contributed by atoms with Crippen molar-refractivity contribution >= 4 is 17.7 Å². The van der Waals surface area contributed by atoms with Crippen LogP contribution in [0.1, 0.15) is 149 Å². The second-order valence-electron chi connectivity index (χ2n) is 11.3. The Bertz CT molecular complexity index is 795. The molecule has 0 aromatic rings. The molecule has 0 aromatic heterocycles. The lowest BCUT2D eigenvalue weighted by Gasteiger charge is -2.15. The zero-order valence-electron chi connectivity index (χ0n) is 27.4.